The van der Waals surface area contributed by atoms with E-state index in [4.69, 9.17) is 19.3 Å². The summed E-state index contributed by atoms with van der Waals surface area (Å²) in [5, 5.41) is 6.43. The van der Waals surface area contributed by atoms with Gasteiger partial charge in [0, 0.05) is 38.5 Å². The first-order valence-corrected chi connectivity index (χ1v) is 14.3. The third kappa shape index (κ3) is 6.64. The number of ether oxygens (including phenoxy) is 3. The molecular weight excluding hydrogens is 508 g/mol. The van der Waals surface area contributed by atoms with Crippen LogP contribution in [0.15, 0.2) is 53.6 Å². The first kappa shape index (κ1) is 28.1. The van der Waals surface area contributed by atoms with Gasteiger partial charge in [-0.05, 0) is 60.4 Å². The molecule has 0 radical (unpaired) electrons. The largest absolute Gasteiger partial charge is 0.497 e. The van der Waals surface area contributed by atoms with Gasteiger partial charge in [0.15, 0.2) is 0 Å². The number of amides is 2. The van der Waals surface area contributed by atoms with Crippen LogP contribution < -0.4 is 9.47 Å². The van der Waals surface area contributed by atoms with Gasteiger partial charge in [-0.2, -0.15) is 5.10 Å². The van der Waals surface area contributed by atoms with Crippen LogP contribution in [0.5, 0.6) is 11.5 Å². The predicted octanol–water partition coefficient (Wildman–Crippen LogP) is 3.73. The topological polar surface area (TPSA) is 83.9 Å². The summed E-state index contributed by atoms with van der Waals surface area (Å²) < 4.78 is 16.1. The Hall–Kier alpha value is -3.43. The molecule has 2 fully saturated rings. The number of hydrogen-bond donors (Lipinski definition) is 0. The summed E-state index contributed by atoms with van der Waals surface area (Å²) in [6.07, 6.45) is 4.53. The summed E-state index contributed by atoms with van der Waals surface area (Å²) in [7, 11) is 3.28. The molecule has 2 heterocycles. The van der Waals surface area contributed by atoms with Crippen LogP contribution in [0.3, 0.4) is 0 Å². The smallest absolute Gasteiger partial charge is 0.262 e. The summed E-state index contributed by atoms with van der Waals surface area (Å²) >= 11 is 0. The molecule has 2 aliphatic heterocycles. The van der Waals surface area contributed by atoms with Crippen molar-refractivity contribution in [2.45, 2.75) is 38.1 Å². The van der Waals surface area contributed by atoms with Crippen molar-refractivity contribution in [1.29, 1.82) is 0 Å². The van der Waals surface area contributed by atoms with E-state index in [1.807, 2.05) is 48.5 Å². The quantitative estimate of drug-likeness (QED) is 0.450. The van der Waals surface area contributed by atoms with Crippen LogP contribution in [0.4, 0.5) is 0 Å². The monoisotopic (exact) mass is 548 g/mol. The van der Waals surface area contributed by atoms with Crippen molar-refractivity contribution in [2.24, 2.45) is 11.0 Å². The predicted molar refractivity (Wildman–Crippen MR) is 153 cm³/mol. The van der Waals surface area contributed by atoms with Gasteiger partial charge in [-0.25, -0.2) is 5.01 Å². The van der Waals surface area contributed by atoms with E-state index >= 15 is 0 Å². The number of carbonyl (C=O) groups is 2. The summed E-state index contributed by atoms with van der Waals surface area (Å²) in [6, 6.07) is 15.2. The maximum Gasteiger partial charge on any atom is 0.262 e. The van der Waals surface area contributed by atoms with Gasteiger partial charge in [0.25, 0.3) is 5.91 Å². The maximum absolute atomic E-state index is 14.0. The molecule has 1 atom stereocenters. The highest BCUT2D eigenvalue weighted by Gasteiger charge is 2.36. The fraction of sp³-hybridized carbons (Fsp3) is 0.516. The molecule has 2 aromatic rings. The standard InChI is InChI=1S/C31H40N4O5/c1-38-26-11-7-23(8-12-26)28-21-29(24-9-13-27(39-2)14-10-24)35(32-28)30(36)22-34(31(37)25-5-3-4-6-25)16-15-33-17-19-40-20-18-33/h7-14,25,29H,3-6,15-22H2,1-2H3/t29-/m0/s1. The molecule has 1 saturated heterocycles. The Morgan fingerprint density at radius 3 is 2.20 bits per heavy atom. The molecule has 0 bridgehead atoms. The molecule has 5 rings (SSSR count). The summed E-state index contributed by atoms with van der Waals surface area (Å²) in [5.74, 6) is 1.46. The number of rotatable bonds is 10. The van der Waals surface area contributed by atoms with Gasteiger partial charge in [0.2, 0.25) is 5.91 Å². The molecule has 1 aliphatic carbocycles. The molecule has 9 heteroatoms. The Bertz CT molecular complexity index is 1170. The molecule has 1 saturated carbocycles. The van der Waals surface area contributed by atoms with Crippen molar-refractivity contribution in [3.8, 4) is 11.5 Å². The number of carbonyl (C=O) groups excluding carboxylic acids is 2. The molecule has 0 aromatic heterocycles. The zero-order valence-electron chi connectivity index (χ0n) is 23.6. The van der Waals surface area contributed by atoms with Gasteiger partial charge in [0.05, 0.1) is 39.2 Å². The number of nitrogens with zero attached hydrogens (tertiary/aromatic N) is 4. The van der Waals surface area contributed by atoms with E-state index < -0.39 is 0 Å². The van der Waals surface area contributed by atoms with E-state index in [-0.39, 0.29) is 30.3 Å². The number of hydrogen-bond acceptors (Lipinski definition) is 7. The van der Waals surface area contributed by atoms with Crippen LogP contribution in [0.25, 0.3) is 0 Å². The lowest BCUT2D eigenvalue weighted by atomic mass is 9.98. The van der Waals surface area contributed by atoms with E-state index in [0.29, 0.717) is 26.2 Å². The second kappa shape index (κ2) is 13.3. The van der Waals surface area contributed by atoms with Gasteiger partial charge in [0.1, 0.15) is 18.0 Å². The van der Waals surface area contributed by atoms with Crippen LogP contribution >= 0.6 is 0 Å². The van der Waals surface area contributed by atoms with Crippen LogP contribution in [0.1, 0.15) is 49.3 Å². The van der Waals surface area contributed by atoms with Gasteiger partial charge in [-0.3, -0.25) is 14.5 Å². The van der Waals surface area contributed by atoms with Crippen LogP contribution in [0.2, 0.25) is 0 Å². The van der Waals surface area contributed by atoms with E-state index in [0.717, 1.165) is 73.7 Å². The Morgan fingerprint density at radius 1 is 0.950 bits per heavy atom. The van der Waals surface area contributed by atoms with Gasteiger partial charge in [-0.15, -0.1) is 0 Å². The van der Waals surface area contributed by atoms with Crippen molar-refractivity contribution < 1.29 is 23.8 Å². The second-order valence-corrected chi connectivity index (χ2v) is 10.7. The van der Waals surface area contributed by atoms with Gasteiger partial charge >= 0.3 is 0 Å². The average molecular weight is 549 g/mol. The lowest BCUT2D eigenvalue weighted by Crippen LogP contribution is -2.47. The molecule has 0 unspecified atom stereocenters. The van der Waals surface area contributed by atoms with Crippen molar-refractivity contribution in [1.82, 2.24) is 14.8 Å². The van der Waals surface area contributed by atoms with Crippen molar-refractivity contribution in [3.05, 3.63) is 59.7 Å². The molecule has 0 N–H and O–H groups in total. The lowest BCUT2D eigenvalue weighted by Gasteiger charge is -2.32. The normalized spacial score (nSPS) is 19.9. The number of benzene rings is 2. The van der Waals surface area contributed by atoms with E-state index in [9.17, 15) is 9.59 Å². The first-order chi connectivity index (χ1) is 19.6. The molecule has 9 nitrogen and oxygen atoms in total. The molecule has 2 aromatic carbocycles. The Labute approximate surface area is 236 Å². The summed E-state index contributed by atoms with van der Waals surface area (Å²) in [4.78, 5) is 31.6. The van der Waals surface area contributed by atoms with E-state index in [1.165, 1.54) is 0 Å². The SMILES string of the molecule is COc1ccc(C2=NN(C(=O)CN(CCN3CCOCC3)C(=O)C3CCCC3)[C@H](c3ccc(OC)cc3)C2)cc1. The van der Waals surface area contributed by atoms with Crippen molar-refractivity contribution in [2.75, 3.05) is 60.2 Å². The number of morpholine rings is 1. The lowest BCUT2D eigenvalue weighted by molar-refractivity contribution is -0.144. The van der Waals surface area contributed by atoms with Crippen molar-refractivity contribution in [3.63, 3.8) is 0 Å². The van der Waals surface area contributed by atoms with Crippen molar-refractivity contribution >= 4 is 17.5 Å². The fourth-order valence-electron chi connectivity index (χ4n) is 5.80. The highest BCUT2D eigenvalue weighted by atomic mass is 16.5. The minimum atomic E-state index is -0.266. The fourth-order valence-corrected chi connectivity index (χ4v) is 5.80. The second-order valence-electron chi connectivity index (χ2n) is 10.7. The number of hydrazone groups is 1. The highest BCUT2D eigenvalue weighted by molar-refractivity contribution is 6.03. The zero-order chi connectivity index (χ0) is 27.9. The summed E-state index contributed by atoms with van der Waals surface area (Å²) in [6.45, 7) is 4.38. The zero-order valence-corrected chi connectivity index (χ0v) is 23.6. The van der Waals surface area contributed by atoms with Gasteiger partial charge in [-0.1, -0.05) is 25.0 Å². The van der Waals surface area contributed by atoms with Crippen LogP contribution in [-0.2, 0) is 14.3 Å². The average Bonchev–Trinajstić information content (AvgIpc) is 3.71. The Kier molecular flexibility index (Phi) is 9.34. The van der Waals surface area contributed by atoms with Crippen LogP contribution in [0, 0.1) is 5.92 Å². The molecule has 3 aliphatic rings. The van der Waals surface area contributed by atoms with E-state index in [1.54, 1.807) is 24.1 Å². The highest BCUT2D eigenvalue weighted by Crippen LogP contribution is 2.34. The molecular formula is C31H40N4O5. The third-order valence-corrected chi connectivity index (χ3v) is 8.22. The van der Waals surface area contributed by atoms with E-state index in [2.05, 4.69) is 4.90 Å². The minimum absolute atomic E-state index is 0.00631. The number of methoxy groups -OCH3 is 2. The summed E-state index contributed by atoms with van der Waals surface area (Å²) in [5.41, 5.74) is 2.75. The minimum Gasteiger partial charge on any atom is -0.497 e. The maximum atomic E-state index is 14.0. The molecule has 40 heavy (non-hydrogen) atoms. The Balaban J connectivity index is 1.37. The van der Waals surface area contributed by atoms with Gasteiger partial charge < -0.3 is 19.1 Å². The Morgan fingerprint density at radius 2 is 1.57 bits per heavy atom. The van der Waals surface area contributed by atoms with Crippen LogP contribution in [-0.4, -0.2) is 92.5 Å². The first-order valence-electron chi connectivity index (χ1n) is 14.3. The molecule has 2 amide bonds. The molecule has 0 spiro atoms. The molecule has 214 valence electrons. The third-order valence-electron chi connectivity index (χ3n) is 8.22.